The van der Waals surface area contributed by atoms with Gasteiger partial charge >= 0.3 is 0 Å². The van der Waals surface area contributed by atoms with Crippen molar-refractivity contribution in [2.75, 3.05) is 26.7 Å². The molecule has 0 amide bonds. The summed E-state index contributed by atoms with van der Waals surface area (Å²) in [5.74, 6) is -1.22. The van der Waals surface area contributed by atoms with Gasteiger partial charge in [0.25, 0.3) is 0 Å². The minimum atomic E-state index is -0.622. The van der Waals surface area contributed by atoms with E-state index in [1.807, 2.05) is 24.4 Å². The molecule has 0 radical (unpaired) electrons. The van der Waals surface area contributed by atoms with Crippen molar-refractivity contribution >= 4 is 0 Å². The van der Waals surface area contributed by atoms with Crippen molar-refractivity contribution in [1.82, 2.24) is 19.6 Å². The summed E-state index contributed by atoms with van der Waals surface area (Å²) < 4.78 is 29.3. The van der Waals surface area contributed by atoms with Crippen LogP contribution in [0.15, 0.2) is 48.7 Å². The highest BCUT2D eigenvalue weighted by atomic mass is 19.1. The first-order chi connectivity index (χ1) is 13.9. The van der Waals surface area contributed by atoms with Gasteiger partial charge in [0, 0.05) is 55.6 Å². The van der Waals surface area contributed by atoms with Crippen LogP contribution in [0.3, 0.4) is 0 Å². The van der Waals surface area contributed by atoms with Crippen molar-refractivity contribution in [2.24, 2.45) is 0 Å². The Morgan fingerprint density at radius 3 is 2.62 bits per heavy atom. The molecule has 2 heterocycles. The van der Waals surface area contributed by atoms with Gasteiger partial charge in [-0.1, -0.05) is 24.3 Å². The first-order valence-corrected chi connectivity index (χ1v) is 9.95. The van der Waals surface area contributed by atoms with Crippen molar-refractivity contribution in [3.05, 3.63) is 71.4 Å². The monoisotopic (exact) mass is 396 g/mol. The Labute approximate surface area is 170 Å². The van der Waals surface area contributed by atoms with Crippen LogP contribution in [0.25, 0.3) is 16.9 Å². The molecule has 1 fully saturated rings. The summed E-state index contributed by atoms with van der Waals surface area (Å²) in [5.41, 5.74) is 4.29. The van der Waals surface area contributed by atoms with Gasteiger partial charge in [-0.05, 0) is 38.6 Å². The third-order valence-electron chi connectivity index (χ3n) is 5.78. The lowest BCUT2D eigenvalue weighted by molar-refractivity contribution is 0.100. The summed E-state index contributed by atoms with van der Waals surface area (Å²) in [7, 11) is 2.15. The SMILES string of the molecule is Cc1ccccc1-c1nn(-c2ccc(F)cc2F)cc1CN1CCN(C)[C@@H](C)C1. The van der Waals surface area contributed by atoms with Crippen LogP contribution in [0, 0.1) is 18.6 Å². The number of piperazine rings is 1. The predicted octanol–water partition coefficient (Wildman–Crippen LogP) is 4.26. The molecule has 0 bridgehead atoms. The largest absolute Gasteiger partial charge is 0.301 e. The van der Waals surface area contributed by atoms with Gasteiger partial charge in [-0.25, -0.2) is 13.5 Å². The number of aryl methyl sites for hydroxylation is 1. The summed E-state index contributed by atoms with van der Waals surface area (Å²) in [4.78, 5) is 4.77. The average molecular weight is 396 g/mol. The first-order valence-electron chi connectivity index (χ1n) is 9.95. The normalized spacial score (nSPS) is 18.3. The molecule has 4 rings (SSSR count). The Bertz CT molecular complexity index is 1010. The van der Waals surface area contributed by atoms with Gasteiger partial charge in [-0.15, -0.1) is 0 Å². The van der Waals surface area contributed by atoms with E-state index in [-0.39, 0.29) is 5.69 Å². The smallest absolute Gasteiger partial charge is 0.151 e. The van der Waals surface area contributed by atoms with Crippen LogP contribution < -0.4 is 0 Å². The summed E-state index contributed by atoms with van der Waals surface area (Å²) in [6.07, 6.45) is 1.88. The molecule has 0 unspecified atom stereocenters. The van der Waals surface area contributed by atoms with Gasteiger partial charge in [-0.2, -0.15) is 5.10 Å². The van der Waals surface area contributed by atoms with Gasteiger partial charge in [-0.3, -0.25) is 4.90 Å². The van der Waals surface area contributed by atoms with Crippen LogP contribution in [0.5, 0.6) is 0 Å². The topological polar surface area (TPSA) is 24.3 Å². The fourth-order valence-electron chi connectivity index (χ4n) is 3.89. The third kappa shape index (κ3) is 4.09. The number of benzene rings is 2. The van der Waals surface area contributed by atoms with Crippen LogP contribution in [0.1, 0.15) is 18.1 Å². The highest BCUT2D eigenvalue weighted by molar-refractivity contribution is 5.67. The maximum Gasteiger partial charge on any atom is 0.151 e. The molecule has 0 aliphatic carbocycles. The Morgan fingerprint density at radius 2 is 1.90 bits per heavy atom. The molecule has 1 aliphatic rings. The highest BCUT2D eigenvalue weighted by Crippen LogP contribution is 2.28. The van der Waals surface area contributed by atoms with E-state index in [0.29, 0.717) is 6.04 Å². The number of halogens is 2. The summed E-state index contributed by atoms with van der Waals surface area (Å²) in [6, 6.07) is 12.1. The molecule has 1 atom stereocenters. The molecule has 152 valence electrons. The fraction of sp³-hybridized carbons (Fsp3) is 0.348. The van der Waals surface area contributed by atoms with E-state index in [4.69, 9.17) is 5.10 Å². The van der Waals surface area contributed by atoms with E-state index >= 15 is 0 Å². The first kappa shape index (κ1) is 19.7. The zero-order valence-electron chi connectivity index (χ0n) is 17.1. The molecule has 2 aromatic carbocycles. The zero-order chi connectivity index (χ0) is 20.5. The van der Waals surface area contributed by atoms with Gasteiger partial charge in [0.15, 0.2) is 5.82 Å². The van der Waals surface area contributed by atoms with Gasteiger partial charge in [0.2, 0.25) is 0 Å². The standard InChI is InChI=1S/C23H26F2N4/c1-16-6-4-5-7-20(16)23-18(14-28-11-10-27(3)17(2)13-28)15-29(26-23)22-9-8-19(24)12-21(22)25/h4-9,12,15,17H,10-11,13-14H2,1-3H3/t17-/m0/s1. The number of likely N-dealkylation sites (N-methyl/N-ethyl adjacent to an activating group) is 1. The second-order valence-electron chi connectivity index (χ2n) is 7.92. The lowest BCUT2D eigenvalue weighted by Gasteiger charge is -2.37. The van der Waals surface area contributed by atoms with E-state index in [9.17, 15) is 8.78 Å². The predicted molar refractivity (Wildman–Crippen MR) is 111 cm³/mol. The quantitative estimate of drug-likeness (QED) is 0.659. The lowest BCUT2D eigenvalue weighted by atomic mass is 10.0. The molecular weight excluding hydrogens is 370 g/mol. The minimum Gasteiger partial charge on any atom is -0.301 e. The molecule has 4 nitrogen and oxygen atoms in total. The summed E-state index contributed by atoms with van der Waals surface area (Å²) >= 11 is 0. The Kier molecular flexibility index (Phi) is 5.48. The molecule has 29 heavy (non-hydrogen) atoms. The zero-order valence-corrected chi connectivity index (χ0v) is 17.1. The second-order valence-corrected chi connectivity index (χ2v) is 7.92. The molecule has 1 aromatic heterocycles. The number of aromatic nitrogens is 2. The molecule has 0 N–H and O–H groups in total. The summed E-state index contributed by atoms with van der Waals surface area (Å²) in [6.45, 7) is 7.98. The number of hydrogen-bond donors (Lipinski definition) is 0. The molecule has 0 spiro atoms. The highest BCUT2D eigenvalue weighted by Gasteiger charge is 2.23. The average Bonchev–Trinajstić information content (AvgIpc) is 3.08. The Morgan fingerprint density at radius 1 is 1.10 bits per heavy atom. The van der Waals surface area contributed by atoms with Gasteiger partial charge in [0.05, 0.1) is 5.69 Å². The number of rotatable bonds is 4. The molecule has 1 saturated heterocycles. The van der Waals surface area contributed by atoms with Crippen LogP contribution >= 0.6 is 0 Å². The van der Waals surface area contributed by atoms with Crippen molar-refractivity contribution in [2.45, 2.75) is 26.4 Å². The van der Waals surface area contributed by atoms with Crippen molar-refractivity contribution in [3.63, 3.8) is 0 Å². The van der Waals surface area contributed by atoms with E-state index in [1.165, 1.54) is 16.8 Å². The van der Waals surface area contributed by atoms with E-state index in [2.05, 4.69) is 36.8 Å². The van der Waals surface area contributed by atoms with Crippen LogP contribution in [0.4, 0.5) is 8.78 Å². The number of hydrogen-bond acceptors (Lipinski definition) is 3. The molecule has 1 aliphatic heterocycles. The maximum atomic E-state index is 14.4. The van der Waals surface area contributed by atoms with Crippen LogP contribution in [-0.4, -0.2) is 52.3 Å². The van der Waals surface area contributed by atoms with Gasteiger partial charge in [0.1, 0.15) is 11.5 Å². The van der Waals surface area contributed by atoms with Crippen molar-refractivity contribution in [3.8, 4) is 16.9 Å². The van der Waals surface area contributed by atoms with Gasteiger partial charge < -0.3 is 4.90 Å². The maximum absolute atomic E-state index is 14.4. The molecule has 3 aromatic rings. The fourth-order valence-corrected chi connectivity index (χ4v) is 3.89. The molecule has 0 saturated carbocycles. The van der Waals surface area contributed by atoms with Crippen LogP contribution in [-0.2, 0) is 6.54 Å². The van der Waals surface area contributed by atoms with Crippen molar-refractivity contribution < 1.29 is 8.78 Å². The van der Waals surface area contributed by atoms with E-state index in [0.717, 1.165) is 54.6 Å². The second kappa shape index (κ2) is 8.05. The summed E-state index contributed by atoms with van der Waals surface area (Å²) in [5, 5.41) is 4.72. The van der Waals surface area contributed by atoms with Crippen LogP contribution in [0.2, 0.25) is 0 Å². The minimum absolute atomic E-state index is 0.249. The van der Waals surface area contributed by atoms with E-state index in [1.54, 1.807) is 0 Å². The number of nitrogens with zero attached hydrogens (tertiary/aromatic N) is 4. The third-order valence-corrected chi connectivity index (χ3v) is 5.78. The van der Waals surface area contributed by atoms with E-state index < -0.39 is 11.6 Å². The molecule has 6 heteroatoms. The Balaban J connectivity index is 1.74. The molecular formula is C23H26F2N4. The Hall–Kier alpha value is -2.57. The lowest BCUT2D eigenvalue weighted by Crippen LogP contribution is -2.49. The van der Waals surface area contributed by atoms with Crippen molar-refractivity contribution in [1.29, 1.82) is 0 Å².